The lowest BCUT2D eigenvalue weighted by molar-refractivity contribution is -0.274. The van der Waals surface area contributed by atoms with Gasteiger partial charge in [0.1, 0.15) is 11.6 Å². The summed E-state index contributed by atoms with van der Waals surface area (Å²) in [4.78, 5) is 23.4. The minimum absolute atomic E-state index is 0.0201. The summed E-state index contributed by atoms with van der Waals surface area (Å²) in [7, 11) is 3.84. The van der Waals surface area contributed by atoms with Crippen LogP contribution in [0.2, 0.25) is 0 Å². The van der Waals surface area contributed by atoms with Crippen LogP contribution in [0.15, 0.2) is 30.3 Å². The Balaban J connectivity index is 1.50. The van der Waals surface area contributed by atoms with Crippen LogP contribution in [0.4, 0.5) is 24.9 Å². The first kappa shape index (κ1) is 23.6. The lowest BCUT2D eigenvalue weighted by atomic mass is 9.85. The molecule has 174 valence electrons. The fraction of sp³-hybridized carbons (Fsp3) is 0.500. The van der Waals surface area contributed by atoms with Gasteiger partial charge in [0.05, 0.1) is 0 Å². The molecular weight excluding hydrogens is 423 g/mol. The summed E-state index contributed by atoms with van der Waals surface area (Å²) in [6.07, 6.45) is -1.87. The number of amides is 1. The molecule has 0 bridgehead atoms. The summed E-state index contributed by atoms with van der Waals surface area (Å²) in [5, 5.41) is 6.11. The Labute approximate surface area is 185 Å². The smallest absolute Gasteiger partial charge is 0.405 e. The van der Waals surface area contributed by atoms with E-state index < -0.39 is 6.36 Å². The molecule has 1 aromatic heterocycles. The van der Waals surface area contributed by atoms with Gasteiger partial charge in [0.15, 0.2) is 0 Å². The third-order valence-corrected chi connectivity index (χ3v) is 5.38. The molecule has 0 unspecified atom stereocenters. The number of aromatic nitrogens is 2. The van der Waals surface area contributed by atoms with E-state index >= 15 is 0 Å². The first-order valence-electron chi connectivity index (χ1n) is 10.5. The van der Waals surface area contributed by atoms with Crippen LogP contribution in [0.1, 0.15) is 36.9 Å². The van der Waals surface area contributed by atoms with Crippen molar-refractivity contribution in [1.29, 1.82) is 0 Å². The molecule has 2 N–H and O–H groups in total. The largest absolute Gasteiger partial charge is 0.573 e. The van der Waals surface area contributed by atoms with Crippen molar-refractivity contribution in [3.05, 3.63) is 41.6 Å². The SMILES string of the molecule is Cc1cc(N(C)C)nc(N[C@H]2CC[C@@H](C(=O)NCc3ccccc3OC(F)(F)F)CC2)n1. The molecule has 0 saturated heterocycles. The van der Waals surface area contributed by atoms with Crippen LogP contribution in [-0.2, 0) is 11.3 Å². The number of ether oxygens (including phenoxy) is 1. The van der Waals surface area contributed by atoms with Gasteiger partial charge in [-0.05, 0) is 38.7 Å². The van der Waals surface area contributed by atoms with Gasteiger partial charge in [0.25, 0.3) is 0 Å². The Morgan fingerprint density at radius 2 is 1.84 bits per heavy atom. The van der Waals surface area contributed by atoms with E-state index in [4.69, 9.17) is 0 Å². The zero-order chi connectivity index (χ0) is 23.3. The van der Waals surface area contributed by atoms with Crippen LogP contribution in [0.3, 0.4) is 0 Å². The number of alkyl halides is 3. The van der Waals surface area contributed by atoms with E-state index in [0.29, 0.717) is 18.8 Å². The highest BCUT2D eigenvalue weighted by Crippen LogP contribution is 2.28. The molecule has 1 saturated carbocycles. The molecule has 10 heteroatoms. The first-order valence-corrected chi connectivity index (χ1v) is 10.5. The van der Waals surface area contributed by atoms with E-state index in [9.17, 15) is 18.0 Å². The minimum atomic E-state index is -4.78. The van der Waals surface area contributed by atoms with Gasteiger partial charge in [0, 0.05) is 49.9 Å². The lowest BCUT2D eigenvalue weighted by Crippen LogP contribution is -2.36. The van der Waals surface area contributed by atoms with Crippen LogP contribution in [0.5, 0.6) is 5.75 Å². The second kappa shape index (κ2) is 10.1. The van der Waals surface area contributed by atoms with Crippen molar-refractivity contribution >= 4 is 17.7 Å². The van der Waals surface area contributed by atoms with E-state index in [1.807, 2.05) is 32.0 Å². The van der Waals surface area contributed by atoms with Crippen molar-refractivity contribution in [2.24, 2.45) is 5.92 Å². The van der Waals surface area contributed by atoms with Crippen LogP contribution in [-0.4, -0.2) is 42.4 Å². The maximum Gasteiger partial charge on any atom is 0.573 e. The second-order valence-corrected chi connectivity index (χ2v) is 8.15. The number of anilines is 2. The van der Waals surface area contributed by atoms with E-state index in [2.05, 4.69) is 25.3 Å². The third kappa shape index (κ3) is 6.73. The Morgan fingerprint density at radius 3 is 2.50 bits per heavy atom. The number of hydrogen-bond acceptors (Lipinski definition) is 6. The molecule has 0 spiro atoms. The second-order valence-electron chi connectivity index (χ2n) is 8.15. The molecule has 1 aliphatic rings. The monoisotopic (exact) mass is 451 g/mol. The topological polar surface area (TPSA) is 79.4 Å². The van der Waals surface area contributed by atoms with Gasteiger partial charge >= 0.3 is 6.36 Å². The summed E-state index contributed by atoms with van der Waals surface area (Å²) in [6, 6.07) is 7.88. The Kier molecular flexibility index (Phi) is 7.42. The molecule has 1 amide bonds. The molecule has 0 atom stereocenters. The van der Waals surface area contributed by atoms with Crippen molar-refractivity contribution in [3.8, 4) is 5.75 Å². The summed E-state index contributed by atoms with van der Waals surface area (Å²) < 4.78 is 41.7. The number of nitrogens with zero attached hydrogens (tertiary/aromatic N) is 3. The molecule has 0 aliphatic heterocycles. The van der Waals surface area contributed by atoms with Crippen LogP contribution in [0, 0.1) is 12.8 Å². The maximum atomic E-state index is 12.6. The molecule has 1 aromatic carbocycles. The van der Waals surface area contributed by atoms with Gasteiger partial charge in [-0.25, -0.2) is 4.98 Å². The number of halogens is 3. The predicted octanol–water partition coefficient (Wildman–Crippen LogP) is 4.04. The molecule has 1 heterocycles. The Bertz CT molecular complexity index is 928. The quantitative estimate of drug-likeness (QED) is 0.662. The summed E-state index contributed by atoms with van der Waals surface area (Å²) in [5.41, 5.74) is 1.15. The van der Waals surface area contributed by atoms with Crippen molar-refractivity contribution in [2.75, 3.05) is 24.3 Å². The maximum absolute atomic E-state index is 12.6. The van der Waals surface area contributed by atoms with Crippen LogP contribution < -0.4 is 20.3 Å². The van der Waals surface area contributed by atoms with E-state index in [1.54, 1.807) is 6.07 Å². The molecule has 1 aliphatic carbocycles. The molecule has 1 fully saturated rings. The number of rotatable bonds is 7. The predicted molar refractivity (Wildman–Crippen MR) is 115 cm³/mol. The highest BCUT2D eigenvalue weighted by molar-refractivity contribution is 5.78. The zero-order valence-electron chi connectivity index (χ0n) is 18.4. The van der Waals surface area contributed by atoms with Gasteiger partial charge in [-0.3, -0.25) is 4.79 Å². The summed E-state index contributed by atoms with van der Waals surface area (Å²) in [5.74, 6) is 0.751. The van der Waals surface area contributed by atoms with Crippen molar-refractivity contribution in [2.45, 2.75) is 51.6 Å². The van der Waals surface area contributed by atoms with Gasteiger partial charge in [-0.1, -0.05) is 18.2 Å². The molecule has 2 aromatic rings. The van der Waals surface area contributed by atoms with Gasteiger partial charge < -0.3 is 20.3 Å². The van der Waals surface area contributed by atoms with E-state index in [0.717, 1.165) is 24.4 Å². The molecule has 0 radical (unpaired) electrons. The molecule has 7 nitrogen and oxygen atoms in total. The molecule has 32 heavy (non-hydrogen) atoms. The summed E-state index contributed by atoms with van der Waals surface area (Å²) >= 11 is 0. The van der Waals surface area contributed by atoms with Gasteiger partial charge in [0.2, 0.25) is 11.9 Å². The number of aryl methyl sites for hydroxylation is 1. The standard InChI is InChI=1S/C22H28F3N5O2/c1-14-12-19(30(2)3)29-21(27-14)28-17-10-8-15(9-11-17)20(31)26-13-16-6-4-5-7-18(16)32-22(23,24)25/h4-7,12,15,17H,8-11,13H2,1-3H3,(H,26,31)(H,27,28,29)/t15-,17+. The number of carbonyl (C=O) groups excluding carboxylic acids is 1. The van der Waals surface area contributed by atoms with Crippen molar-refractivity contribution < 1.29 is 22.7 Å². The Morgan fingerprint density at radius 1 is 1.16 bits per heavy atom. The number of para-hydroxylation sites is 1. The number of carbonyl (C=O) groups is 1. The molecule has 3 rings (SSSR count). The zero-order valence-corrected chi connectivity index (χ0v) is 18.4. The van der Waals surface area contributed by atoms with E-state index in [1.165, 1.54) is 18.2 Å². The average molecular weight is 451 g/mol. The number of nitrogens with one attached hydrogen (secondary N) is 2. The highest BCUT2D eigenvalue weighted by Gasteiger charge is 2.32. The number of benzene rings is 1. The van der Waals surface area contributed by atoms with Crippen LogP contribution >= 0.6 is 0 Å². The van der Waals surface area contributed by atoms with Crippen LogP contribution in [0.25, 0.3) is 0 Å². The highest BCUT2D eigenvalue weighted by atomic mass is 19.4. The minimum Gasteiger partial charge on any atom is -0.405 e. The van der Waals surface area contributed by atoms with Crippen molar-refractivity contribution in [1.82, 2.24) is 15.3 Å². The van der Waals surface area contributed by atoms with Crippen molar-refractivity contribution in [3.63, 3.8) is 0 Å². The first-order chi connectivity index (χ1) is 15.1. The fourth-order valence-corrected chi connectivity index (χ4v) is 3.73. The van der Waals surface area contributed by atoms with Gasteiger partial charge in [-0.15, -0.1) is 13.2 Å². The fourth-order valence-electron chi connectivity index (χ4n) is 3.73. The van der Waals surface area contributed by atoms with E-state index in [-0.39, 0.29) is 35.7 Å². The average Bonchev–Trinajstić information content (AvgIpc) is 2.72. The normalized spacial score (nSPS) is 18.7. The third-order valence-electron chi connectivity index (χ3n) is 5.38. The Hall–Kier alpha value is -3.04. The van der Waals surface area contributed by atoms with Gasteiger partial charge in [-0.2, -0.15) is 4.98 Å². The lowest BCUT2D eigenvalue weighted by Gasteiger charge is -2.28. The summed E-state index contributed by atoms with van der Waals surface area (Å²) in [6.45, 7) is 1.90. The number of hydrogen-bond donors (Lipinski definition) is 2. The molecular formula is C22H28F3N5O2.